The van der Waals surface area contributed by atoms with Gasteiger partial charge in [-0.1, -0.05) is 0 Å². The number of rotatable bonds is 6. The number of nitrogens with zero attached hydrogens (tertiary/aromatic N) is 2. The highest BCUT2D eigenvalue weighted by atomic mass is 16.5. The van der Waals surface area contributed by atoms with Crippen molar-refractivity contribution in [3.63, 3.8) is 0 Å². The van der Waals surface area contributed by atoms with E-state index < -0.39 is 0 Å². The number of aromatic nitrogens is 2. The molecule has 1 fully saturated rings. The Kier molecular flexibility index (Phi) is 3.67. The van der Waals surface area contributed by atoms with Gasteiger partial charge < -0.3 is 15.4 Å². The summed E-state index contributed by atoms with van der Waals surface area (Å²) in [5.74, 6) is 2.33. The summed E-state index contributed by atoms with van der Waals surface area (Å²) in [6, 6.07) is 10.2. The summed E-state index contributed by atoms with van der Waals surface area (Å²) >= 11 is 0. The zero-order valence-corrected chi connectivity index (χ0v) is 11.5. The van der Waals surface area contributed by atoms with Crippen molar-refractivity contribution in [1.82, 2.24) is 9.97 Å². The zero-order chi connectivity index (χ0) is 13.8. The van der Waals surface area contributed by atoms with Crippen molar-refractivity contribution in [2.45, 2.75) is 25.8 Å². The average molecular weight is 270 g/mol. The van der Waals surface area contributed by atoms with Crippen molar-refractivity contribution in [2.75, 3.05) is 17.2 Å². The SMILES string of the molecule is CCOc1ccc(Nc2nccc(NC3CC3)n2)cc1. The fraction of sp³-hybridized carbons (Fsp3) is 0.333. The maximum absolute atomic E-state index is 5.41. The summed E-state index contributed by atoms with van der Waals surface area (Å²) in [6.07, 6.45) is 4.21. The molecule has 0 amide bonds. The van der Waals surface area contributed by atoms with Gasteiger partial charge in [-0.25, -0.2) is 4.98 Å². The Morgan fingerprint density at radius 2 is 2.00 bits per heavy atom. The van der Waals surface area contributed by atoms with Crippen molar-refractivity contribution in [2.24, 2.45) is 0 Å². The maximum atomic E-state index is 5.41. The summed E-state index contributed by atoms with van der Waals surface area (Å²) in [5.41, 5.74) is 0.942. The molecule has 2 aromatic rings. The van der Waals surface area contributed by atoms with E-state index in [0.29, 0.717) is 18.6 Å². The molecule has 0 atom stereocenters. The maximum Gasteiger partial charge on any atom is 0.229 e. The summed E-state index contributed by atoms with van der Waals surface area (Å²) in [4.78, 5) is 8.67. The quantitative estimate of drug-likeness (QED) is 0.844. The van der Waals surface area contributed by atoms with Crippen LogP contribution in [0.1, 0.15) is 19.8 Å². The molecule has 1 aromatic carbocycles. The molecule has 0 saturated heterocycles. The third-order valence-corrected chi connectivity index (χ3v) is 3.01. The number of hydrogen-bond acceptors (Lipinski definition) is 5. The zero-order valence-electron chi connectivity index (χ0n) is 11.5. The number of hydrogen-bond donors (Lipinski definition) is 2. The van der Waals surface area contributed by atoms with Crippen LogP contribution in [0.5, 0.6) is 5.75 Å². The average Bonchev–Trinajstić information content (AvgIpc) is 3.26. The minimum Gasteiger partial charge on any atom is -0.494 e. The van der Waals surface area contributed by atoms with E-state index in [9.17, 15) is 0 Å². The van der Waals surface area contributed by atoms with Gasteiger partial charge in [0.15, 0.2) is 0 Å². The van der Waals surface area contributed by atoms with Gasteiger partial charge in [0.1, 0.15) is 11.6 Å². The van der Waals surface area contributed by atoms with E-state index in [0.717, 1.165) is 17.3 Å². The lowest BCUT2D eigenvalue weighted by molar-refractivity contribution is 0.340. The molecule has 0 radical (unpaired) electrons. The Morgan fingerprint density at radius 1 is 1.20 bits per heavy atom. The molecule has 5 nitrogen and oxygen atoms in total. The van der Waals surface area contributed by atoms with Crippen LogP contribution in [0.3, 0.4) is 0 Å². The lowest BCUT2D eigenvalue weighted by Crippen LogP contribution is -2.05. The standard InChI is InChI=1S/C15H18N4O/c1-2-20-13-7-5-12(6-8-13)18-15-16-10-9-14(19-15)17-11-3-4-11/h5-11H,2-4H2,1H3,(H2,16,17,18,19). The van der Waals surface area contributed by atoms with Crippen molar-refractivity contribution in [1.29, 1.82) is 0 Å². The van der Waals surface area contributed by atoms with Gasteiger partial charge in [0.2, 0.25) is 5.95 Å². The lowest BCUT2D eigenvalue weighted by atomic mass is 10.3. The monoisotopic (exact) mass is 270 g/mol. The molecule has 1 heterocycles. The Hall–Kier alpha value is -2.30. The minimum absolute atomic E-state index is 0.586. The number of ether oxygens (including phenoxy) is 1. The number of nitrogens with one attached hydrogen (secondary N) is 2. The third kappa shape index (κ3) is 3.38. The molecule has 5 heteroatoms. The van der Waals surface area contributed by atoms with Crippen molar-refractivity contribution < 1.29 is 4.74 Å². The number of anilines is 3. The fourth-order valence-electron chi connectivity index (χ4n) is 1.87. The highest BCUT2D eigenvalue weighted by Crippen LogP contribution is 2.24. The van der Waals surface area contributed by atoms with Gasteiger partial charge in [0, 0.05) is 17.9 Å². The lowest BCUT2D eigenvalue weighted by Gasteiger charge is -2.08. The van der Waals surface area contributed by atoms with Crippen molar-refractivity contribution >= 4 is 17.5 Å². The molecule has 20 heavy (non-hydrogen) atoms. The molecule has 1 saturated carbocycles. The first-order valence-electron chi connectivity index (χ1n) is 6.93. The van der Waals surface area contributed by atoms with E-state index >= 15 is 0 Å². The van der Waals surface area contributed by atoms with Crippen LogP contribution in [0, 0.1) is 0 Å². The molecule has 1 aliphatic rings. The predicted octanol–water partition coefficient (Wildman–Crippen LogP) is 3.19. The van der Waals surface area contributed by atoms with Crippen LogP contribution in [0.4, 0.5) is 17.5 Å². The number of benzene rings is 1. The third-order valence-electron chi connectivity index (χ3n) is 3.01. The van der Waals surface area contributed by atoms with E-state index in [4.69, 9.17) is 4.74 Å². The van der Waals surface area contributed by atoms with E-state index in [1.807, 2.05) is 37.3 Å². The van der Waals surface area contributed by atoms with Gasteiger partial charge in [-0.05, 0) is 50.1 Å². The second-order valence-electron chi connectivity index (χ2n) is 4.77. The molecular formula is C15H18N4O. The smallest absolute Gasteiger partial charge is 0.229 e. The van der Waals surface area contributed by atoms with Crippen LogP contribution < -0.4 is 15.4 Å². The van der Waals surface area contributed by atoms with E-state index in [1.54, 1.807) is 6.20 Å². The molecule has 3 rings (SSSR count). The molecule has 0 spiro atoms. The van der Waals surface area contributed by atoms with Gasteiger partial charge in [0.05, 0.1) is 6.61 Å². The van der Waals surface area contributed by atoms with Gasteiger partial charge in [-0.3, -0.25) is 0 Å². The van der Waals surface area contributed by atoms with Crippen LogP contribution in [-0.2, 0) is 0 Å². The second kappa shape index (κ2) is 5.77. The molecular weight excluding hydrogens is 252 g/mol. The summed E-state index contributed by atoms with van der Waals surface area (Å²) < 4.78 is 5.41. The Labute approximate surface area is 118 Å². The minimum atomic E-state index is 0.586. The molecule has 0 aliphatic heterocycles. The normalized spacial score (nSPS) is 13.8. The molecule has 104 valence electrons. The molecule has 1 aliphatic carbocycles. The first kappa shape index (κ1) is 12.7. The van der Waals surface area contributed by atoms with Gasteiger partial charge in [-0.2, -0.15) is 4.98 Å². The van der Waals surface area contributed by atoms with Gasteiger partial charge >= 0.3 is 0 Å². The largest absolute Gasteiger partial charge is 0.494 e. The first-order valence-corrected chi connectivity index (χ1v) is 6.93. The molecule has 0 bridgehead atoms. The van der Waals surface area contributed by atoms with Crippen molar-refractivity contribution in [3.05, 3.63) is 36.5 Å². The Bertz CT molecular complexity index is 566. The summed E-state index contributed by atoms with van der Waals surface area (Å²) in [6.45, 7) is 2.64. The summed E-state index contributed by atoms with van der Waals surface area (Å²) in [7, 11) is 0. The van der Waals surface area contributed by atoms with Gasteiger partial charge in [-0.15, -0.1) is 0 Å². The topological polar surface area (TPSA) is 59.1 Å². The summed E-state index contributed by atoms with van der Waals surface area (Å²) in [5, 5.41) is 6.55. The molecule has 1 aromatic heterocycles. The van der Waals surface area contributed by atoms with Crippen molar-refractivity contribution in [3.8, 4) is 5.75 Å². The van der Waals surface area contributed by atoms with Crippen LogP contribution in [-0.4, -0.2) is 22.6 Å². The Morgan fingerprint density at radius 3 is 2.70 bits per heavy atom. The predicted molar refractivity (Wildman–Crippen MR) is 79.6 cm³/mol. The molecule has 0 unspecified atom stereocenters. The second-order valence-corrected chi connectivity index (χ2v) is 4.77. The van der Waals surface area contributed by atoms with E-state index in [2.05, 4.69) is 20.6 Å². The molecule has 2 N–H and O–H groups in total. The van der Waals surface area contributed by atoms with Crippen LogP contribution in [0.2, 0.25) is 0 Å². The fourth-order valence-corrected chi connectivity index (χ4v) is 1.87. The van der Waals surface area contributed by atoms with Crippen LogP contribution >= 0.6 is 0 Å². The van der Waals surface area contributed by atoms with Crippen LogP contribution in [0.25, 0.3) is 0 Å². The van der Waals surface area contributed by atoms with Gasteiger partial charge in [0.25, 0.3) is 0 Å². The highest BCUT2D eigenvalue weighted by Gasteiger charge is 2.21. The highest BCUT2D eigenvalue weighted by molar-refractivity contribution is 5.56. The van der Waals surface area contributed by atoms with E-state index in [1.165, 1.54) is 12.8 Å². The van der Waals surface area contributed by atoms with E-state index in [-0.39, 0.29) is 0 Å². The first-order chi connectivity index (χ1) is 9.83. The van der Waals surface area contributed by atoms with Crippen LogP contribution in [0.15, 0.2) is 36.5 Å². The Balaban J connectivity index is 1.66.